The zero-order valence-electron chi connectivity index (χ0n) is 10.9. The van der Waals surface area contributed by atoms with Crippen LogP contribution in [0.15, 0.2) is 34.5 Å². The highest BCUT2D eigenvalue weighted by Gasteiger charge is 2.18. The van der Waals surface area contributed by atoms with Crippen molar-refractivity contribution in [3.05, 3.63) is 52.2 Å². The first-order chi connectivity index (χ1) is 9.42. The van der Waals surface area contributed by atoms with Gasteiger partial charge in [0.05, 0.1) is 0 Å². The van der Waals surface area contributed by atoms with Crippen LogP contribution in [0.4, 0.5) is 4.39 Å². The van der Waals surface area contributed by atoms with E-state index >= 15 is 0 Å². The maximum atomic E-state index is 13.0. The maximum Gasteiger partial charge on any atom is 0.250 e. The summed E-state index contributed by atoms with van der Waals surface area (Å²) in [6.07, 6.45) is 0. The first-order valence-electron chi connectivity index (χ1n) is 5.96. The predicted octanol–water partition coefficient (Wildman–Crippen LogP) is 2.13. The fourth-order valence-corrected chi connectivity index (χ4v) is 4.25. The first kappa shape index (κ1) is 15.1. The summed E-state index contributed by atoms with van der Waals surface area (Å²) in [5.41, 5.74) is 6.98. The molecule has 1 aromatic heterocycles. The average molecular weight is 314 g/mol. The topological polar surface area (TPSA) is 72.2 Å². The molecule has 0 radical (unpaired) electrons. The smallest absolute Gasteiger partial charge is 0.250 e. The van der Waals surface area contributed by atoms with Gasteiger partial charge in [0.25, 0.3) is 0 Å². The molecule has 0 saturated heterocycles. The van der Waals surface area contributed by atoms with E-state index in [0.717, 1.165) is 21.8 Å². The van der Waals surface area contributed by atoms with Crippen molar-refractivity contribution >= 4 is 21.4 Å². The molecule has 0 fully saturated rings. The van der Waals surface area contributed by atoms with E-state index in [9.17, 15) is 12.8 Å². The monoisotopic (exact) mass is 314 g/mol. The molecule has 0 bridgehead atoms. The highest BCUT2D eigenvalue weighted by Crippen LogP contribution is 2.25. The lowest BCUT2D eigenvalue weighted by Gasteiger charge is -2.05. The van der Waals surface area contributed by atoms with Crippen LogP contribution in [-0.2, 0) is 23.1 Å². The number of nitrogens with two attached hydrogens (primary N) is 1. The van der Waals surface area contributed by atoms with Gasteiger partial charge in [0.1, 0.15) is 10.0 Å². The van der Waals surface area contributed by atoms with Crippen molar-refractivity contribution in [2.75, 3.05) is 0 Å². The predicted molar refractivity (Wildman–Crippen MR) is 77.4 cm³/mol. The number of benzene rings is 1. The van der Waals surface area contributed by atoms with Crippen LogP contribution in [0.3, 0.4) is 0 Å². The zero-order valence-corrected chi connectivity index (χ0v) is 12.5. The standard InChI is InChI=1S/C13H15FN2O2S2/c1-9-5-13(19-12(9)7-15)20(17,18)16-8-10-3-2-4-11(14)6-10/h2-6,16H,7-8,15H2,1H3. The van der Waals surface area contributed by atoms with Gasteiger partial charge in [-0.3, -0.25) is 0 Å². The molecular formula is C13H15FN2O2S2. The van der Waals surface area contributed by atoms with Crippen LogP contribution < -0.4 is 10.5 Å². The summed E-state index contributed by atoms with van der Waals surface area (Å²) in [5, 5.41) is 0. The Hall–Kier alpha value is -1.28. The van der Waals surface area contributed by atoms with Crippen molar-refractivity contribution in [1.29, 1.82) is 0 Å². The second kappa shape index (κ2) is 6.01. The number of halogens is 1. The van der Waals surface area contributed by atoms with Gasteiger partial charge in [-0.05, 0) is 36.2 Å². The molecule has 2 rings (SSSR count). The first-order valence-corrected chi connectivity index (χ1v) is 8.26. The Bertz CT molecular complexity index is 711. The molecule has 4 nitrogen and oxygen atoms in total. The van der Waals surface area contributed by atoms with Gasteiger partial charge in [0, 0.05) is 18.0 Å². The van der Waals surface area contributed by atoms with E-state index < -0.39 is 10.0 Å². The fraction of sp³-hybridized carbons (Fsp3) is 0.231. The summed E-state index contributed by atoms with van der Waals surface area (Å²) >= 11 is 1.16. The molecule has 0 unspecified atom stereocenters. The van der Waals surface area contributed by atoms with Crippen molar-refractivity contribution in [3.8, 4) is 0 Å². The van der Waals surface area contributed by atoms with Crippen LogP contribution in [0.5, 0.6) is 0 Å². The molecule has 1 heterocycles. The van der Waals surface area contributed by atoms with Crippen molar-refractivity contribution in [1.82, 2.24) is 4.72 Å². The van der Waals surface area contributed by atoms with E-state index in [1.165, 1.54) is 12.1 Å². The Labute approximate surface area is 121 Å². The Morgan fingerprint density at radius 3 is 2.70 bits per heavy atom. The van der Waals surface area contributed by atoms with Gasteiger partial charge >= 0.3 is 0 Å². The van der Waals surface area contributed by atoms with Gasteiger partial charge in [-0.25, -0.2) is 17.5 Å². The number of thiophene rings is 1. The van der Waals surface area contributed by atoms with Gasteiger partial charge in [-0.1, -0.05) is 12.1 Å². The number of sulfonamides is 1. The SMILES string of the molecule is Cc1cc(S(=O)(=O)NCc2cccc(F)c2)sc1CN. The Balaban J connectivity index is 2.15. The molecule has 2 aromatic rings. The van der Waals surface area contributed by atoms with E-state index in [1.54, 1.807) is 18.2 Å². The van der Waals surface area contributed by atoms with Crippen LogP contribution in [0, 0.1) is 12.7 Å². The van der Waals surface area contributed by atoms with Gasteiger partial charge in [0.15, 0.2) is 0 Å². The lowest BCUT2D eigenvalue weighted by atomic mass is 10.2. The minimum atomic E-state index is -3.59. The van der Waals surface area contributed by atoms with Crippen LogP contribution in [-0.4, -0.2) is 8.42 Å². The molecular weight excluding hydrogens is 299 g/mol. The van der Waals surface area contributed by atoms with Gasteiger partial charge in [0.2, 0.25) is 10.0 Å². The second-order valence-electron chi connectivity index (χ2n) is 4.33. The van der Waals surface area contributed by atoms with E-state index in [0.29, 0.717) is 12.1 Å². The second-order valence-corrected chi connectivity index (χ2v) is 7.46. The van der Waals surface area contributed by atoms with E-state index in [4.69, 9.17) is 5.73 Å². The molecule has 0 aliphatic heterocycles. The molecule has 0 amide bonds. The summed E-state index contributed by atoms with van der Waals surface area (Å²) in [6, 6.07) is 7.42. The Morgan fingerprint density at radius 1 is 1.35 bits per heavy atom. The van der Waals surface area contributed by atoms with Crippen LogP contribution in [0.1, 0.15) is 16.0 Å². The van der Waals surface area contributed by atoms with E-state index in [2.05, 4.69) is 4.72 Å². The molecule has 0 aliphatic rings. The molecule has 1 aromatic carbocycles. The highest BCUT2D eigenvalue weighted by atomic mass is 32.2. The quantitative estimate of drug-likeness (QED) is 0.888. The molecule has 0 saturated carbocycles. The number of rotatable bonds is 5. The summed E-state index contributed by atoms with van der Waals surface area (Å²) in [5.74, 6) is -0.390. The van der Waals surface area contributed by atoms with E-state index in [-0.39, 0.29) is 16.6 Å². The maximum absolute atomic E-state index is 13.0. The largest absolute Gasteiger partial charge is 0.326 e. The third-order valence-electron chi connectivity index (χ3n) is 2.80. The highest BCUT2D eigenvalue weighted by molar-refractivity contribution is 7.91. The normalized spacial score (nSPS) is 11.8. The molecule has 7 heteroatoms. The summed E-state index contributed by atoms with van der Waals surface area (Å²) in [6.45, 7) is 2.19. The molecule has 108 valence electrons. The van der Waals surface area contributed by atoms with Crippen LogP contribution in [0.25, 0.3) is 0 Å². The average Bonchev–Trinajstić information content (AvgIpc) is 2.79. The number of hydrogen-bond donors (Lipinski definition) is 2. The van der Waals surface area contributed by atoms with Gasteiger partial charge < -0.3 is 5.73 Å². The fourth-order valence-electron chi connectivity index (χ4n) is 1.72. The summed E-state index contributed by atoms with van der Waals surface area (Å²) in [7, 11) is -3.59. The Morgan fingerprint density at radius 2 is 2.10 bits per heavy atom. The third-order valence-corrected chi connectivity index (χ3v) is 5.94. The number of nitrogens with one attached hydrogen (secondary N) is 1. The van der Waals surface area contributed by atoms with Gasteiger partial charge in [-0.15, -0.1) is 11.3 Å². The molecule has 0 spiro atoms. The molecule has 0 atom stereocenters. The van der Waals surface area contributed by atoms with E-state index in [1.807, 2.05) is 6.92 Å². The molecule has 0 aliphatic carbocycles. The molecule has 20 heavy (non-hydrogen) atoms. The Kier molecular flexibility index (Phi) is 4.54. The van der Waals surface area contributed by atoms with Crippen molar-refractivity contribution < 1.29 is 12.8 Å². The third kappa shape index (κ3) is 3.43. The van der Waals surface area contributed by atoms with Gasteiger partial charge in [-0.2, -0.15) is 0 Å². The molecule has 3 N–H and O–H groups in total. The lowest BCUT2D eigenvalue weighted by molar-refractivity contribution is 0.582. The number of aryl methyl sites for hydroxylation is 1. The zero-order chi connectivity index (χ0) is 14.8. The summed E-state index contributed by atoms with van der Waals surface area (Å²) < 4.78 is 40.0. The minimum Gasteiger partial charge on any atom is -0.326 e. The van der Waals surface area contributed by atoms with Crippen molar-refractivity contribution in [3.63, 3.8) is 0 Å². The van der Waals surface area contributed by atoms with Crippen molar-refractivity contribution in [2.45, 2.75) is 24.2 Å². The summed E-state index contributed by atoms with van der Waals surface area (Å²) in [4.78, 5) is 0.844. The van der Waals surface area contributed by atoms with Crippen LogP contribution in [0.2, 0.25) is 0 Å². The van der Waals surface area contributed by atoms with Crippen molar-refractivity contribution in [2.24, 2.45) is 5.73 Å². The minimum absolute atomic E-state index is 0.0506. The lowest BCUT2D eigenvalue weighted by Crippen LogP contribution is -2.22. The van der Waals surface area contributed by atoms with Crippen LogP contribution >= 0.6 is 11.3 Å². The number of hydrogen-bond acceptors (Lipinski definition) is 4.